The lowest BCUT2D eigenvalue weighted by atomic mass is 10.1. The quantitative estimate of drug-likeness (QED) is 0.835. The maximum absolute atomic E-state index is 13.3. The normalized spacial score (nSPS) is 10.0. The number of amides is 1. The van der Waals surface area contributed by atoms with Crippen molar-refractivity contribution >= 4 is 17.3 Å². The van der Waals surface area contributed by atoms with Crippen molar-refractivity contribution in [2.24, 2.45) is 0 Å². The minimum atomic E-state index is -1.06. The van der Waals surface area contributed by atoms with Crippen molar-refractivity contribution in [2.45, 2.75) is 0 Å². The van der Waals surface area contributed by atoms with Crippen molar-refractivity contribution in [1.29, 1.82) is 5.26 Å². The van der Waals surface area contributed by atoms with Gasteiger partial charge in [0, 0.05) is 11.3 Å². The molecule has 2 rings (SSSR count). The highest BCUT2D eigenvalue weighted by Crippen LogP contribution is 2.19. The highest BCUT2D eigenvalue weighted by Gasteiger charge is 2.14. The summed E-state index contributed by atoms with van der Waals surface area (Å²) in [4.78, 5) is 11.9. The molecule has 0 radical (unpaired) electrons. The Morgan fingerprint density at radius 3 is 2.29 bits per heavy atom. The van der Waals surface area contributed by atoms with E-state index in [1.807, 2.05) is 0 Å². The number of nitrogens with zero attached hydrogens (tertiary/aromatic N) is 1. The van der Waals surface area contributed by atoms with Gasteiger partial charge in [-0.25, -0.2) is 13.2 Å². The molecule has 0 heterocycles. The summed E-state index contributed by atoms with van der Waals surface area (Å²) >= 11 is 0. The molecule has 21 heavy (non-hydrogen) atoms. The molecule has 0 saturated heterocycles. The van der Waals surface area contributed by atoms with E-state index in [9.17, 15) is 18.0 Å². The maximum atomic E-state index is 13.3. The van der Waals surface area contributed by atoms with E-state index in [-0.39, 0.29) is 16.8 Å². The second-order valence-corrected chi connectivity index (χ2v) is 4.11. The molecule has 0 aliphatic rings. The average Bonchev–Trinajstić information content (AvgIpc) is 2.46. The Kier molecular flexibility index (Phi) is 3.80. The van der Waals surface area contributed by atoms with E-state index in [0.29, 0.717) is 0 Å². The summed E-state index contributed by atoms with van der Waals surface area (Å²) in [5.74, 6) is -3.67. The lowest BCUT2D eigenvalue weighted by Crippen LogP contribution is -2.13. The smallest absolute Gasteiger partial charge is 0.255 e. The van der Waals surface area contributed by atoms with Gasteiger partial charge in [0.1, 0.15) is 29.2 Å². The molecule has 3 N–H and O–H groups in total. The molecule has 0 bridgehead atoms. The van der Waals surface area contributed by atoms with Gasteiger partial charge in [-0.15, -0.1) is 0 Å². The zero-order chi connectivity index (χ0) is 15.6. The summed E-state index contributed by atoms with van der Waals surface area (Å²) in [6.07, 6.45) is 0. The number of nitrogen functional groups attached to an aromatic ring is 1. The zero-order valence-electron chi connectivity index (χ0n) is 10.5. The first-order valence-electron chi connectivity index (χ1n) is 5.68. The van der Waals surface area contributed by atoms with Gasteiger partial charge in [0.25, 0.3) is 5.91 Å². The Labute approximate surface area is 117 Å². The van der Waals surface area contributed by atoms with Crippen LogP contribution in [0.1, 0.15) is 15.9 Å². The predicted octanol–water partition coefficient (Wildman–Crippen LogP) is 2.81. The summed E-state index contributed by atoms with van der Waals surface area (Å²) in [7, 11) is 0. The van der Waals surface area contributed by atoms with Crippen LogP contribution in [0.3, 0.4) is 0 Å². The van der Waals surface area contributed by atoms with E-state index in [4.69, 9.17) is 11.0 Å². The van der Waals surface area contributed by atoms with Gasteiger partial charge >= 0.3 is 0 Å². The SMILES string of the molecule is N#Cc1cc(NC(=O)c2cc(F)c(N)c(F)c2)ccc1F. The lowest BCUT2D eigenvalue weighted by molar-refractivity contribution is 0.102. The third-order valence-electron chi connectivity index (χ3n) is 2.69. The van der Waals surface area contributed by atoms with E-state index in [0.717, 1.165) is 24.3 Å². The number of hydrogen-bond donors (Lipinski definition) is 2. The number of carbonyl (C=O) groups excluding carboxylic acids is 1. The van der Waals surface area contributed by atoms with Gasteiger partial charge < -0.3 is 11.1 Å². The largest absolute Gasteiger partial charge is 0.394 e. The highest BCUT2D eigenvalue weighted by atomic mass is 19.1. The molecule has 0 fully saturated rings. The Balaban J connectivity index is 2.28. The molecule has 7 heteroatoms. The van der Waals surface area contributed by atoms with Crippen LogP contribution in [0.15, 0.2) is 30.3 Å². The van der Waals surface area contributed by atoms with Crippen molar-refractivity contribution in [2.75, 3.05) is 11.1 Å². The van der Waals surface area contributed by atoms with Crippen molar-refractivity contribution in [3.05, 3.63) is 58.9 Å². The summed E-state index contributed by atoms with van der Waals surface area (Å²) in [5, 5.41) is 11.0. The van der Waals surface area contributed by atoms with Crippen LogP contribution in [0.2, 0.25) is 0 Å². The molecule has 106 valence electrons. The molecule has 1 amide bonds. The summed E-state index contributed by atoms with van der Waals surface area (Å²) in [5.41, 5.74) is 3.99. The number of nitriles is 1. The van der Waals surface area contributed by atoms with Crippen LogP contribution in [0, 0.1) is 28.8 Å². The molecule has 0 unspecified atom stereocenters. The summed E-state index contributed by atoms with van der Waals surface area (Å²) < 4.78 is 39.7. The number of carbonyl (C=O) groups is 1. The van der Waals surface area contributed by atoms with Crippen molar-refractivity contribution < 1.29 is 18.0 Å². The Bertz CT molecular complexity index is 746. The average molecular weight is 291 g/mol. The number of nitrogens with two attached hydrogens (primary N) is 1. The van der Waals surface area contributed by atoms with E-state index >= 15 is 0 Å². The van der Waals surface area contributed by atoms with Gasteiger partial charge in [-0.1, -0.05) is 0 Å². The Morgan fingerprint density at radius 1 is 1.10 bits per heavy atom. The lowest BCUT2D eigenvalue weighted by Gasteiger charge is -2.07. The fourth-order valence-corrected chi connectivity index (χ4v) is 1.61. The Morgan fingerprint density at radius 2 is 1.71 bits per heavy atom. The van der Waals surface area contributed by atoms with Crippen molar-refractivity contribution in [3.8, 4) is 6.07 Å². The summed E-state index contributed by atoms with van der Waals surface area (Å²) in [6.45, 7) is 0. The molecular formula is C14H8F3N3O. The molecule has 0 aliphatic heterocycles. The molecular weight excluding hydrogens is 283 g/mol. The number of anilines is 2. The standard InChI is InChI=1S/C14H8F3N3O/c15-10-2-1-9(3-8(10)6-18)20-14(21)7-4-11(16)13(19)12(17)5-7/h1-5H,19H2,(H,20,21). The molecule has 0 atom stereocenters. The third kappa shape index (κ3) is 2.95. The van der Waals surface area contributed by atoms with E-state index in [1.165, 1.54) is 6.07 Å². The molecule has 0 aromatic heterocycles. The van der Waals surface area contributed by atoms with Crippen LogP contribution in [-0.2, 0) is 0 Å². The van der Waals surface area contributed by atoms with E-state index in [2.05, 4.69) is 5.32 Å². The number of nitrogens with one attached hydrogen (secondary N) is 1. The molecule has 2 aromatic carbocycles. The molecule has 2 aromatic rings. The van der Waals surface area contributed by atoms with Crippen molar-refractivity contribution in [1.82, 2.24) is 0 Å². The minimum Gasteiger partial charge on any atom is -0.394 e. The second-order valence-electron chi connectivity index (χ2n) is 4.11. The third-order valence-corrected chi connectivity index (χ3v) is 2.69. The van der Waals surface area contributed by atoms with Crippen LogP contribution in [0.4, 0.5) is 24.5 Å². The number of benzene rings is 2. The van der Waals surface area contributed by atoms with Gasteiger partial charge in [-0.2, -0.15) is 5.26 Å². The first-order chi connectivity index (χ1) is 9.92. The fraction of sp³-hybridized carbons (Fsp3) is 0. The van der Waals surface area contributed by atoms with Crippen LogP contribution in [0.5, 0.6) is 0 Å². The van der Waals surface area contributed by atoms with E-state index < -0.39 is 29.0 Å². The van der Waals surface area contributed by atoms with Crippen molar-refractivity contribution in [3.63, 3.8) is 0 Å². The predicted molar refractivity (Wildman–Crippen MR) is 69.8 cm³/mol. The van der Waals surface area contributed by atoms with E-state index in [1.54, 1.807) is 6.07 Å². The second kappa shape index (κ2) is 5.54. The topological polar surface area (TPSA) is 78.9 Å². The van der Waals surface area contributed by atoms with Crippen LogP contribution in [0.25, 0.3) is 0 Å². The fourth-order valence-electron chi connectivity index (χ4n) is 1.61. The molecule has 0 saturated carbocycles. The molecule has 4 nitrogen and oxygen atoms in total. The van der Waals surface area contributed by atoms with Crippen LogP contribution < -0.4 is 11.1 Å². The Hall–Kier alpha value is -3.01. The van der Waals surface area contributed by atoms with Crippen LogP contribution in [-0.4, -0.2) is 5.91 Å². The van der Waals surface area contributed by atoms with Gasteiger partial charge in [-0.05, 0) is 30.3 Å². The summed E-state index contributed by atoms with van der Waals surface area (Å²) in [6, 6.07) is 6.50. The monoisotopic (exact) mass is 291 g/mol. The van der Waals surface area contributed by atoms with Gasteiger partial charge in [0.05, 0.1) is 5.56 Å². The first-order valence-corrected chi connectivity index (χ1v) is 5.68. The minimum absolute atomic E-state index is 0.121. The molecule has 0 aliphatic carbocycles. The number of hydrogen-bond acceptors (Lipinski definition) is 3. The number of rotatable bonds is 2. The maximum Gasteiger partial charge on any atom is 0.255 e. The van der Waals surface area contributed by atoms with Gasteiger partial charge in [-0.3, -0.25) is 4.79 Å². The first kappa shape index (κ1) is 14.4. The van der Waals surface area contributed by atoms with Crippen LogP contribution >= 0.6 is 0 Å². The van der Waals surface area contributed by atoms with Gasteiger partial charge in [0.15, 0.2) is 0 Å². The zero-order valence-corrected chi connectivity index (χ0v) is 10.5. The van der Waals surface area contributed by atoms with Gasteiger partial charge in [0.2, 0.25) is 0 Å². The molecule has 0 spiro atoms. The number of halogens is 3. The highest BCUT2D eigenvalue weighted by molar-refractivity contribution is 6.04.